The smallest absolute Gasteiger partial charge is 0.420 e. The molecule has 0 aliphatic heterocycles. The monoisotopic (exact) mass is 515 g/mol. The number of nitrogens with zero attached hydrogens (tertiary/aromatic N) is 1. The van der Waals surface area contributed by atoms with Crippen LogP contribution in [0.25, 0.3) is 0 Å². The predicted molar refractivity (Wildman–Crippen MR) is 128 cm³/mol. The molecule has 0 fully saturated rings. The summed E-state index contributed by atoms with van der Waals surface area (Å²) < 4.78 is 44.2. The molecule has 0 bridgehead atoms. The molecule has 3 N–H and O–H groups in total. The van der Waals surface area contributed by atoms with Crippen LogP contribution in [0.3, 0.4) is 0 Å². The Bertz CT molecular complexity index is 900. The lowest BCUT2D eigenvalue weighted by Crippen LogP contribution is -2.53. The molecule has 8 nitrogen and oxygen atoms in total. The lowest BCUT2D eigenvalue weighted by Gasteiger charge is -2.30. The van der Waals surface area contributed by atoms with E-state index in [1.807, 2.05) is 13.0 Å². The first kappa shape index (κ1) is 31.0. The molecule has 36 heavy (non-hydrogen) atoms. The van der Waals surface area contributed by atoms with Gasteiger partial charge in [0.2, 0.25) is 11.8 Å². The van der Waals surface area contributed by atoms with Gasteiger partial charge in [-0.2, -0.15) is 13.2 Å². The molecule has 2 atom stereocenters. The zero-order valence-electron chi connectivity index (χ0n) is 21.3. The molecule has 3 amide bonds. The lowest BCUT2D eigenvalue weighted by atomic mass is 10.0. The topological polar surface area (TPSA) is 108 Å². The second kappa shape index (κ2) is 14.5. The van der Waals surface area contributed by atoms with Crippen LogP contribution in [0.2, 0.25) is 0 Å². The average molecular weight is 516 g/mol. The molecule has 0 saturated heterocycles. The number of carbonyl (C=O) groups is 3. The van der Waals surface area contributed by atoms with Gasteiger partial charge in [0.15, 0.2) is 6.10 Å². The summed E-state index contributed by atoms with van der Waals surface area (Å²) in [7, 11) is 0. The maximum absolute atomic E-state index is 13.3. The first-order valence-electron chi connectivity index (χ1n) is 11.8. The van der Waals surface area contributed by atoms with Gasteiger partial charge in [0.25, 0.3) is 0 Å². The van der Waals surface area contributed by atoms with E-state index in [2.05, 4.69) is 10.6 Å². The number of nitrogens with one attached hydrogen (secondary N) is 2. The number of aliphatic hydroxyl groups is 1. The Morgan fingerprint density at radius 1 is 1.11 bits per heavy atom. The average Bonchev–Trinajstić information content (AvgIpc) is 2.81. The summed E-state index contributed by atoms with van der Waals surface area (Å²) >= 11 is 0. The van der Waals surface area contributed by atoms with Gasteiger partial charge in [-0.3, -0.25) is 9.59 Å². The van der Waals surface area contributed by atoms with Crippen molar-refractivity contribution < 1.29 is 37.4 Å². The van der Waals surface area contributed by atoms with Crippen LogP contribution in [0, 0.1) is 5.92 Å². The van der Waals surface area contributed by atoms with Crippen molar-refractivity contribution in [3.8, 4) is 0 Å². The van der Waals surface area contributed by atoms with Crippen molar-refractivity contribution in [1.82, 2.24) is 15.5 Å². The maximum Gasteiger partial charge on any atom is 0.420 e. The number of amides is 3. The van der Waals surface area contributed by atoms with Crippen LogP contribution in [-0.2, 0) is 20.9 Å². The van der Waals surface area contributed by atoms with E-state index in [4.69, 9.17) is 4.74 Å². The van der Waals surface area contributed by atoms with Gasteiger partial charge in [-0.05, 0) is 31.7 Å². The number of allylic oxidation sites excluding steroid dienone is 1. The molecule has 11 heteroatoms. The molecule has 1 aromatic rings. The number of ether oxygens (including phenoxy) is 1. The Morgan fingerprint density at radius 2 is 1.72 bits per heavy atom. The highest BCUT2D eigenvalue weighted by Gasteiger charge is 2.42. The highest BCUT2D eigenvalue weighted by atomic mass is 19.4. The zero-order valence-corrected chi connectivity index (χ0v) is 21.3. The summed E-state index contributed by atoms with van der Waals surface area (Å²) in [6, 6.07) is 7.94. The van der Waals surface area contributed by atoms with Crippen molar-refractivity contribution in [2.75, 3.05) is 13.1 Å². The number of hydrogen-bond donors (Lipinski definition) is 3. The number of hydrogen-bond acceptors (Lipinski definition) is 5. The van der Waals surface area contributed by atoms with Gasteiger partial charge in [0.1, 0.15) is 12.6 Å². The van der Waals surface area contributed by atoms with Crippen LogP contribution < -0.4 is 10.6 Å². The van der Waals surface area contributed by atoms with Crippen LogP contribution >= 0.6 is 0 Å². The van der Waals surface area contributed by atoms with Crippen LogP contribution in [0.15, 0.2) is 41.6 Å². The molecule has 0 spiro atoms. The van der Waals surface area contributed by atoms with Crippen molar-refractivity contribution >= 4 is 17.9 Å². The number of unbranched alkanes of at least 4 members (excludes halogenated alkanes) is 1. The molecular formula is C25H36F3N3O5. The number of benzene rings is 1. The van der Waals surface area contributed by atoms with E-state index in [1.54, 1.807) is 38.1 Å². The Hall–Kier alpha value is -3.08. The van der Waals surface area contributed by atoms with Gasteiger partial charge in [0, 0.05) is 6.54 Å². The van der Waals surface area contributed by atoms with Crippen LogP contribution in [0.4, 0.5) is 18.0 Å². The van der Waals surface area contributed by atoms with Gasteiger partial charge in [-0.1, -0.05) is 63.1 Å². The molecule has 1 rings (SSSR count). The van der Waals surface area contributed by atoms with Crippen LogP contribution in [0.1, 0.15) is 53.0 Å². The van der Waals surface area contributed by atoms with E-state index in [0.717, 1.165) is 5.56 Å². The van der Waals surface area contributed by atoms with E-state index in [0.29, 0.717) is 12.8 Å². The van der Waals surface area contributed by atoms with Crippen molar-refractivity contribution in [1.29, 1.82) is 0 Å². The molecule has 0 saturated carbocycles. The number of alkyl halides is 3. The fourth-order valence-corrected chi connectivity index (χ4v) is 3.21. The fraction of sp³-hybridized carbons (Fsp3) is 0.560. The second-order valence-electron chi connectivity index (χ2n) is 8.95. The summed E-state index contributed by atoms with van der Waals surface area (Å²) in [5.74, 6) is -1.83. The summed E-state index contributed by atoms with van der Waals surface area (Å²) in [6.45, 7) is 7.54. The third-order valence-corrected chi connectivity index (χ3v) is 5.24. The van der Waals surface area contributed by atoms with Crippen molar-refractivity contribution in [2.24, 2.45) is 5.92 Å². The Labute approximate surface area is 209 Å². The molecule has 0 heterocycles. The summed E-state index contributed by atoms with van der Waals surface area (Å²) in [5, 5.41) is 14.2. The Morgan fingerprint density at radius 3 is 2.22 bits per heavy atom. The Kier molecular flexibility index (Phi) is 12.4. The van der Waals surface area contributed by atoms with E-state index < -0.39 is 48.5 Å². The SMILES string of the molecule is CCCCN(CC(=O)NC(=C(C)C)C(O)C(F)(F)F)C(=O)[C@@H](NC(=O)OCc1ccccc1)C(C)C. The minimum Gasteiger partial charge on any atom is -0.445 e. The van der Waals surface area contributed by atoms with E-state index >= 15 is 0 Å². The highest BCUT2D eigenvalue weighted by molar-refractivity contribution is 5.90. The van der Waals surface area contributed by atoms with Gasteiger partial charge in [0.05, 0.1) is 12.2 Å². The molecule has 0 radical (unpaired) electrons. The predicted octanol–water partition coefficient (Wildman–Crippen LogP) is 3.90. The van der Waals surface area contributed by atoms with E-state index in [1.165, 1.54) is 18.7 Å². The zero-order chi connectivity index (χ0) is 27.5. The molecular weight excluding hydrogens is 479 g/mol. The van der Waals surface area contributed by atoms with Crippen molar-refractivity contribution in [3.05, 3.63) is 47.2 Å². The molecule has 0 aliphatic carbocycles. The highest BCUT2D eigenvalue weighted by Crippen LogP contribution is 2.25. The van der Waals surface area contributed by atoms with E-state index in [-0.39, 0.29) is 24.6 Å². The van der Waals surface area contributed by atoms with Crippen LogP contribution in [0.5, 0.6) is 0 Å². The summed E-state index contributed by atoms with van der Waals surface area (Å²) in [5.41, 5.74) is 0.151. The normalized spacial score (nSPS) is 12.9. The van der Waals surface area contributed by atoms with Crippen LogP contribution in [-0.4, -0.2) is 59.3 Å². The largest absolute Gasteiger partial charge is 0.445 e. The number of carbonyl (C=O) groups excluding carboxylic acids is 3. The molecule has 0 aliphatic rings. The number of halogens is 3. The molecule has 0 aromatic heterocycles. The Balaban J connectivity index is 2.95. The fourth-order valence-electron chi connectivity index (χ4n) is 3.21. The minimum absolute atomic E-state index is 0.000641. The summed E-state index contributed by atoms with van der Waals surface area (Å²) in [4.78, 5) is 39.4. The van der Waals surface area contributed by atoms with Crippen molar-refractivity contribution in [2.45, 2.75) is 72.4 Å². The number of aliphatic hydroxyl groups excluding tert-OH is 1. The van der Waals surface area contributed by atoms with Gasteiger partial charge in [-0.25, -0.2) is 4.79 Å². The number of alkyl carbamates (subject to hydrolysis) is 1. The molecule has 1 unspecified atom stereocenters. The first-order chi connectivity index (χ1) is 16.8. The lowest BCUT2D eigenvalue weighted by molar-refractivity contribution is -0.193. The summed E-state index contributed by atoms with van der Waals surface area (Å²) in [6.07, 6.45) is -7.43. The third-order valence-electron chi connectivity index (χ3n) is 5.24. The minimum atomic E-state index is -4.97. The maximum atomic E-state index is 13.3. The molecule has 1 aromatic carbocycles. The number of rotatable bonds is 12. The van der Waals surface area contributed by atoms with Gasteiger partial charge >= 0.3 is 12.3 Å². The molecule has 202 valence electrons. The third kappa shape index (κ3) is 10.3. The first-order valence-corrected chi connectivity index (χ1v) is 11.8. The van der Waals surface area contributed by atoms with Gasteiger partial charge in [-0.15, -0.1) is 0 Å². The van der Waals surface area contributed by atoms with Gasteiger partial charge < -0.3 is 25.4 Å². The quantitative estimate of drug-likeness (QED) is 0.391. The second-order valence-corrected chi connectivity index (χ2v) is 8.95. The standard InChI is InChI=1S/C25H36F3N3O5/c1-6-7-13-31(14-19(32)29-20(16(2)3)22(33)25(26,27)28)23(34)21(17(4)5)30-24(35)36-15-18-11-9-8-10-12-18/h8-12,17,21-22,33H,6-7,13-15H2,1-5H3,(H,29,32)(H,30,35)/t21-,22?/m0/s1. The van der Waals surface area contributed by atoms with E-state index in [9.17, 15) is 32.7 Å². The van der Waals surface area contributed by atoms with Crippen molar-refractivity contribution in [3.63, 3.8) is 0 Å².